The molecule has 1 aromatic carbocycles. The van der Waals surface area contributed by atoms with Gasteiger partial charge in [-0.2, -0.15) is 0 Å². The smallest absolute Gasteiger partial charge is 0.414 e. The van der Waals surface area contributed by atoms with Gasteiger partial charge in [0.15, 0.2) is 0 Å². The van der Waals surface area contributed by atoms with Crippen LogP contribution in [0.15, 0.2) is 24.3 Å². The van der Waals surface area contributed by atoms with Crippen molar-refractivity contribution in [2.45, 2.75) is 24.7 Å². The molecule has 1 amide bonds. The van der Waals surface area contributed by atoms with Crippen molar-refractivity contribution in [3.8, 4) is 0 Å². The maximum Gasteiger partial charge on any atom is 0.414 e. The Kier molecular flexibility index (Phi) is 2.69. The van der Waals surface area contributed by atoms with E-state index in [1.54, 1.807) is 29.2 Å². The van der Waals surface area contributed by atoms with E-state index >= 15 is 0 Å². The summed E-state index contributed by atoms with van der Waals surface area (Å²) in [7, 11) is 0. The van der Waals surface area contributed by atoms with E-state index in [0.717, 1.165) is 17.7 Å². The monoisotopic (exact) mass is 261 g/mol. The molecule has 5 nitrogen and oxygen atoms in total. The van der Waals surface area contributed by atoms with Crippen LogP contribution in [0.5, 0.6) is 0 Å². The predicted molar refractivity (Wildman–Crippen MR) is 68.3 cm³/mol. The van der Waals surface area contributed by atoms with Gasteiger partial charge >= 0.3 is 12.1 Å². The van der Waals surface area contributed by atoms with E-state index < -0.39 is 11.4 Å². The summed E-state index contributed by atoms with van der Waals surface area (Å²) >= 11 is 0. The molecular weight excluding hydrogens is 246 g/mol. The molecule has 0 radical (unpaired) electrons. The highest BCUT2D eigenvalue weighted by Crippen LogP contribution is 2.48. The topological polar surface area (TPSA) is 66.8 Å². The molecule has 0 aromatic heterocycles. The van der Waals surface area contributed by atoms with Crippen LogP contribution >= 0.6 is 0 Å². The van der Waals surface area contributed by atoms with E-state index in [-0.39, 0.29) is 6.09 Å². The van der Waals surface area contributed by atoms with Gasteiger partial charge in [-0.3, -0.25) is 9.69 Å². The number of carboxylic acids is 1. The highest BCUT2D eigenvalue weighted by molar-refractivity contribution is 5.89. The summed E-state index contributed by atoms with van der Waals surface area (Å²) < 4.78 is 4.99. The maximum atomic E-state index is 11.6. The number of ether oxygens (including phenoxy) is 1. The number of carbonyl (C=O) groups excluding carboxylic acids is 1. The van der Waals surface area contributed by atoms with Crippen molar-refractivity contribution in [3.05, 3.63) is 29.8 Å². The van der Waals surface area contributed by atoms with Crippen LogP contribution < -0.4 is 4.90 Å². The van der Waals surface area contributed by atoms with E-state index in [2.05, 4.69) is 0 Å². The first-order valence-corrected chi connectivity index (χ1v) is 6.42. The molecule has 2 fully saturated rings. The highest BCUT2D eigenvalue weighted by Gasteiger charge is 2.51. The Bertz CT molecular complexity index is 519. The van der Waals surface area contributed by atoms with Crippen molar-refractivity contribution in [2.24, 2.45) is 0 Å². The lowest BCUT2D eigenvalue weighted by Gasteiger charge is -2.26. The lowest BCUT2D eigenvalue weighted by molar-refractivity contribution is -0.140. The van der Waals surface area contributed by atoms with Gasteiger partial charge in [-0.15, -0.1) is 0 Å². The number of hydrogen-bond donors (Lipinski definition) is 1. The zero-order valence-electron chi connectivity index (χ0n) is 10.5. The normalized spacial score (nSPS) is 20.8. The van der Waals surface area contributed by atoms with E-state index in [1.165, 1.54) is 0 Å². The molecular formula is C14H15NO4. The van der Waals surface area contributed by atoms with E-state index in [1.807, 2.05) is 0 Å². The number of rotatable bonds is 3. The molecule has 0 spiro atoms. The second kappa shape index (κ2) is 4.26. The van der Waals surface area contributed by atoms with Gasteiger partial charge in [0, 0.05) is 12.2 Å². The summed E-state index contributed by atoms with van der Waals surface area (Å²) in [5.41, 5.74) is 0.879. The van der Waals surface area contributed by atoms with E-state index in [9.17, 15) is 14.7 Å². The fourth-order valence-corrected chi connectivity index (χ4v) is 2.50. The maximum absolute atomic E-state index is 11.6. The fourth-order valence-electron chi connectivity index (χ4n) is 2.50. The molecule has 1 N–H and O–H groups in total. The Labute approximate surface area is 110 Å². The van der Waals surface area contributed by atoms with Gasteiger partial charge in [-0.05, 0) is 37.0 Å². The molecule has 0 bridgehead atoms. The van der Waals surface area contributed by atoms with Crippen LogP contribution in [0.3, 0.4) is 0 Å². The summed E-state index contributed by atoms with van der Waals surface area (Å²) in [5.74, 6) is -0.766. The van der Waals surface area contributed by atoms with Crippen LogP contribution in [0.1, 0.15) is 24.8 Å². The van der Waals surface area contributed by atoms with Gasteiger partial charge in [0.1, 0.15) is 0 Å². The minimum absolute atomic E-state index is 0.335. The summed E-state index contributed by atoms with van der Waals surface area (Å²) in [4.78, 5) is 24.4. The second-order valence-corrected chi connectivity index (χ2v) is 5.05. The lowest BCUT2D eigenvalue weighted by atomic mass is 9.96. The third-order valence-electron chi connectivity index (χ3n) is 3.86. The van der Waals surface area contributed by atoms with Crippen LogP contribution in [0, 0.1) is 0 Å². The average molecular weight is 261 g/mol. The Hall–Kier alpha value is -2.04. The van der Waals surface area contributed by atoms with Crippen LogP contribution in [0.25, 0.3) is 0 Å². The average Bonchev–Trinajstić information content (AvgIpc) is 3.21. The molecule has 19 heavy (non-hydrogen) atoms. The van der Waals surface area contributed by atoms with Crippen molar-refractivity contribution in [1.29, 1.82) is 0 Å². The van der Waals surface area contributed by atoms with Crippen LogP contribution in [-0.2, 0) is 14.9 Å². The molecule has 100 valence electrons. The van der Waals surface area contributed by atoms with Gasteiger partial charge in [0.2, 0.25) is 0 Å². The predicted octanol–water partition coefficient (Wildman–Crippen LogP) is 2.15. The molecule has 3 rings (SSSR count). The number of nitrogens with zero attached hydrogens (tertiary/aromatic N) is 1. The summed E-state index contributed by atoms with van der Waals surface area (Å²) in [5, 5.41) is 9.23. The zero-order valence-corrected chi connectivity index (χ0v) is 10.5. The van der Waals surface area contributed by atoms with Crippen molar-refractivity contribution >= 4 is 17.7 Å². The first-order chi connectivity index (χ1) is 9.13. The van der Waals surface area contributed by atoms with Gasteiger partial charge in [-0.1, -0.05) is 12.1 Å². The highest BCUT2D eigenvalue weighted by atomic mass is 16.6. The minimum Gasteiger partial charge on any atom is -0.481 e. The van der Waals surface area contributed by atoms with Crippen LogP contribution in [0.2, 0.25) is 0 Å². The number of anilines is 1. The standard InChI is InChI=1S/C14H15NO4/c16-12(17)14(6-7-14)10-2-4-11(5-3-10)15-8-1-9-19-13(15)18/h2-5H,1,6-9H2,(H,16,17). The number of hydrogen-bond acceptors (Lipinski definition) is 3. The lowest BCUT2D eigenvalue weighted by Crippen LogP contribution is -2.37. The first kappa shape index (κ1) is 12.0. The van der Waals surface area contributed by atoms with Gasteiger partial charge < -0.3 is 9.84 Å². The quantitative estimate of drug-likeness (QED) is 0.905. The molecule has 1 aromatic rings. The first-order valence-electron chi connectivity index (χ1n) is 6.42. The third-order valence-corrected chi connectivity index (χ3v) is 3.86. The Morgan fingerprint density at radius 2 is 1.95 bits per heavy atom. The number of cyclic esters (lactones) is 1. The molecule has 1 heterocycles. The molecule has 1 saturated carbocycles. The van der Waals surface area contributed by atoms with E-state index in [0.29, 0.717) is 26.0 Å². The second-order valence-electron chi connectivity index (χ2n) is 5.05. The molecule has 0 unspecified atom stereocenters. The van der Waals surface area contributed by atoms with Crippen molar-refractivity contribution in [2.75, 3.05) is 18.1 Å². The number of benzene rings is 1. The minimum atomic E-state index is -0.766. The van der Waals surface area contributed by atoms with Gasteiger partial charge in [-0.25, -0.2) is 4.79 Å². The molecule has 1 aliphatic carbocycles. The Balaban J connectivity index is 1.83. The van der Waals surface area contributed by atoms with E-state index in [4.69, 9.17) is 4.74 Å². The molecule has 2 aliphatic rings. The number of amides is 1. The van der Waals surface area contributed by atoms with Crippen molar-refractivity contribution < 1.29 is 19.4 Å². The zero-order chi connectivity index (χ0) is 13.5. The van der Waals surface area contributed by atoms with Crippen LogP contribution in [-0.4, -0.2) is 30.3 Å². The number of aliphatic carboxylic acids is 1. The Morgan fingerprint density at radius 3 is 2.47 bits per heavy atom. The number of carboxylic acid groups (broad SMARTS) is 1. The summed E-state index contributed by atoms with van der Waals surface area (Å²) in [6.07, 6.45) is 1.85. The largest absolute Gasteiger partial charge is 0.481 e. The SMILES string of the molecule is O=C1OCCCN1c1ccc(C2(C(=O)O)CC2)cc1. The summed E-state index contributed by atoms with van der Waals surface area (Å²) in [6.45, 7) is 1.11. The molecule has 0 atom stereocenters. The molecule has 1 aliphatic heterocycles. The summed E-state index contributed by atoms with van der Waals surface area (Å²) in [6, 6.07) is 7.20. The van der Waals surface area contributed by atoms with Gasteiger partial charge in [0.25, 0.3) is 0 Å². The fraction of sp³-hybridized carbons (Fsp3) is 0.429. The Morgan fingerprint density at radius 1 is 1.26 bits per heavy atom. The molecule has 1 saturated heterocycles. The van der Waals surface area contributed by atoms with Crippen molar-refractivity contribution in [3.63, 3.8) is 0 Å². The van der Waals surface area contributed by atoms with Crippen molar-refractivity contribution in [1.82, 2.24) is 0 Å². The van der Waals surface area contributed by atoms with Crippen LogP contribution in [0.4, 0.5) is 10.5 Å². The van der Waals surface area contributed by atoms with Gasteiger partial charge in [0.05, 0.1) is 12.0 Å². The third kappa shape index (κ3) is 1.95. The molecule has 5 heteroatoms. The number of carbonyl (C=O) groups is 2.